The number of hydrogen-bond donors (Lipinski definition) is 2. The van der Waals surface area contributed by atoms with Gasteiger partial charge in [-0.05, 0) is 44.3 Å². The maximum absolute atomic E-state index is 5.35. The Morgan fingerprint density at radius 1 is 1.00 bits per heavy atom. The van der Waals surface area contributed by atoms with Crippen LogP contribution in [0.25, 0.3) is 10.9 Å². The van der Waals surface area contributed by atoms with Crippen molar-refractivity contribution in [3.8, 4) is 0 Å². The molecule has 2 N–H and O–H groups in total. The van der Waals surface area contributed by atoms with E-state index in [0.717, 1.165) is 22.3 Å². The van der Waals surface area contributed by atoms with Gasteiger partial charge < -0.3 is 5.32 Å². The Kier molecular flexibility index (Phi) is 4.57. The molecular formula is C18H19N5S. The van der Waals surface area contributed by atoms with Gasteiger partial charge in [0.05, 0.1) is 11.2 Å². The maximum atomic E-state index is 5.35. The largest absolute Gasteiger partial charge is 0.331 e. The molecule has 6 heteroatoms. The van der Waals surface area contributed by atoms with Crippen molar-refractivity contribution < 1.29 is 0 Å². The van der Waals surface area contributed by atoms with E-state index < -0.39 is 0 Å². The van der Waals surface area contributed by atoms with Crippen LogP contribution in [0.5, 0.6) is 0 Å². The molecule has 0 fully saturated rings. The minimum Gasteiger partial charge on any atom is -0.331 e. The van der Waals surface area contributed by atoms with Crippen molar-refractivity contribution in [1.82, 2.24) is 15.4 Å². The van der Waals surface area contributed by atoms with Crippen LogP contribution in [0.15, 0.2) is 48.5 Å². The number of para-hydroxylation sites is 1. The molecule has 0 aliphatic rings. The minimum atomic E-state index is 0.482. The molecule has 0 aliphatic carbocycles. The van der Waals surface area contributed by atoms with Gasteiger partial charge in [0.15, 0.2) is 5.11 Å². The number of anilines is 2. The lowest BCUT2D eigenvalue weighted by atomic mass is 10.2. The number of rotatable bonds is 3. The predicted octanol–water partition coefficient (Wildman–Crippen LogP) is 3.58. The fraction of sp³-hybridized carbons (Fsp3) is 0.167. The molecular weight excluding hydrogens is 318 g/mol. The van der Waals surface area contributed by atoms with Gasteiger partial charge in [-0.25, -0.2) is 9.97 Å². The van der Waals surface area contributed by atoms with Gasteiger partial charge in [0.25, 0.3) is 0 Å². The van der Waals surface area contributed by atoms with Gasteiger partial charge in [0, 0.05) is 18.1 Å². The minimum absolute atomic E-state index is 0.482. The molecule has 0 radical (unpaired) electrons. The van der Waals surface area contributed by atoms with Gasteiger partial charge >= 0.3 is 0 Å². The third kappa shape index (κ3) is 3.60. The van der Waals surface area contributed by atoms with Crippen LogP contribution in [0, 0.1) is 13.8 Å². The SMILES string of the molecule is Cc1ccc(NC(=S)NN(C)c2nc(C)c3ccccc3n2)cc1. The summed E-state index contributed by atoms with van der Waals surface area (Å²) < 4.78 is 0. The summed E-state index contributed by atoms with van der Waals surface area (Å²) in [7, 11) is 1.84. The third-order valence-corrected chi connectivity index (χ3v) is 3.85. The first-order chi connectivity index (χ1) is 11.5. The molecule has 0 bridgehead atoms. The van der Waals surface area contributed by atoms with Gasteiger partial charge in [-0.3, -0.25) is 10.4 Å². The monoisotopic (exact) mass is 337 g/mol. The van der Waals surface area contributed by atoms with E-state index in [1.807, 2.05) is 69.4 Å². The molecule has 5 nitrogen and oxygen atoms in total. The van der Waals surface area contributed by atoms with Gasteiger partial charge in [-0.2, -0.15) is 0 Å². The fourth-order valence-corrected chi connectivity index (χ4v) is 2.62. The molecule has 0 spiro atoms. The molecule has 0 saturated carbocycles. The predicted molar refractivity (Wildman–Crippen MR) is 103 cm³/mol. The third-order valence-electron chi connectivity index (χ3n) is 3.66. The van der Waals surface area contributed by atoms with Crippen molar-refractivity contribution in [1.29, 1.82) is 0 Å². The highest BCUT2D eigenvalue weighted by Crippen LogP contribution is 2.17. The molecule has 0 saturated heterocycles. The maximum Gasteiger partial charge on any atom is 0.244 e. The van der Waals surface area contributed by atoms with Gasteiger partial charge in [-0.1, -0.05) is 35.9 Å². The van der Waals surface area contributed by atoms with Gasteiger partial charge in [-0.15, -0.1) is 0 Å². The number of hydrazine groups is 1. The van der Waals surface area contributed by atoms with Crippen LogP contribution in [-0.4, -0.2) is 22.1 Å². The number of benzene rings is 2. The van der Waals surface area contributed by atoms with Gasteiger partial charge in [0.1, 0.15) is 0 Å². The molecule has 122 valence electrons. The normalized spacial score (nSPS) is 10.5. The number of nitrogens with one attached hydrogen (secondary N) is 2. The zero-order chi connectivity index (χ0) is 17.1. The Bertz CT molecular complexity index is 876. The highest BCUT2D eigenvalue weighted by atomic mass is 32.1. The quantitative estimate of drug-likeness (QED) is 0.563. The smallest absolute Gasteiger partial charge is 0.244 e. The average Bonchev–Trinajstić information content (AvgIpc) is 2.57. The van der Waals surface area contributed by atoms with E-state index in [1.54, 1.807) is 5.01 Å². The number of nitrogens with zero attached hydrogens (tertiary/aromatic N) is 3. The van der Waals surface area contributed by atoms with Crippen LogP contribution in [0.3, 0.4) is 0 Å². The van der Waals surface area contributed by atoms with Crippen LogP contribution in [0.2, 0.25) is 0 Å². The van der Waals surface area contributed by atoms with Crippen molar-refractivity contribution in [3.63, 3.8) is 0 Å². The van der Waals surface area contributed by atoms with E-state index in [-0.39, 0.29) is 0 Å². The second-order valence-corrected chi connectivity index (χ2v) is 6.03. The molecule has 0 aliphatic heterocycles. The van der Waals surface area contributed by atoms with E-state index in [2.05, 4.69) is 20.7 Å². The Hall–Kier alpha value is -2.73. The summed E-state index contributed by atoms with van der Waals surface area (Å²) in [4.78, 5) is 9.11. The van der Waals surface area contributed by atoms with Crippen molar-refractivity contribution >= 4 is 39.9 Å². The Morgan fingerprint density at radius 2 is 1.71 bits per heavy atom. The average molecular weight is 337 g/mol. The number of fused-ring (bicyclic) bond motifs is 1. The highest BCUT2D eigenvalue weighted by Gasteiger charge is 2.09. The molecule has 2 aromatic carbocycles. The fourth-order valence-electron chi connectivity index (χ4n) is 2.37. The van der Waals surface area contributed by atoms with Crippen molar-refractivity contribution in [2.75, 3.05) is 17.4 Å². The van der Waals surface area contributed by atoms with Crippen LogP contribution in [0.4, 0.5) is 11.6 Å². The highest BCUT2D eigenvalue weighted by molar-refractivity contribution is 7.80. The summed E-state index contributed by atoms with van der Waals surface area (Å²) >= 11 is 5.35. The van der Waals surface area contributed by atoms with E-state index in [1.165, 1.54) is 5.56 Å². The standard InChI is InChI=1S/C18H19N5S/c1-12-8-10-14(11-9-12)20-18(24)22-23(3)17-19-13(2)15-6-4-5-7-16(15)21-17/h4-11H,1-3H3,(H2,20,22,24). The zero-order valence-corrected chi connectivity index (χ0v) is 14.7. The summed E-state index contributed by atoms with van der Waals surface area (Å²) in [5.41, 5.74) is 7.06. The second kappa shape index (κ2) is 6.80. The summed E-state index contributed by atoms with van der Waals surface area (Å²) in [6.07, 6.45) is 0. The summed E-state index contributed by atoms with van der Waals surface area (Å²) in [6.45, 7) is 4.03. The molecule has 24 heavy (non-hydrogen) atoms. The Morgan fingerprint density at radius 3 is 2.46 bits per heavy atom. The number of aromatic nitrogens is 2. The zero-order valence-electron chi connectivity index (χ0n) is 13.9. The lowest BCUT2D eigenvalue weighted by molar-refractivity contribution is 0.837. The molecule has 1 heterocycles. The van der Waals surface area contributed by atoms with E-state index in [0.29, 0.717) is 11.1 Å². The first-order valence-electron chi connectivity index (χ1n) is 7.64. The molecule has 1 aromatic heterocycles. The summed E-state index contributed by atoms with van der Waals surface area (Å²) in [5.74, 6) is 0.569. The first kappa shape index (κ1) is 16.1. The van der Waals surface area contributed by atoms with Crippen LogP contribution < -0.4 is 15.8 Å². The molecule has 3 rings (SSSR count). The second-order valence-electron chi connectivity index (χ2n) is 5.62. The Balaban J connectivity index is 1.73. The van der Waals surface area contributed by atoms with Crippen LogP contribution in [-0.2, 0) is 0 Å². The van der Waals surface area contributed by atoms with Crippen molar-refractivity contribution in [2.45, 2.75) is 13.8 Å². The van der Waals surface area contributed by atoms with Crippen molar-refractivity contribution in [2.24, 2.45) is 0 Å². The lowest BCUT2D eigenvalue weighted by Crippen LogP contribution is -2.42. The summed E-state index contributed by atoms with van der Waals surface area (Å²) in [6, 6.07) is 16.0. The molecule has 0 amide bonds. The Labute approximate surface area is 146 Å². The van der Waals surface area contributed by atoms with Crippen LogP contribution >= 0.6 is 12.2 Å². The number of hydrogen-bond acceptors (Lipinski definition) is 4. The van der Waals surface area contributed by atoms with Gasteiger partial charge in [0.2, 0.25) is 5.95 Å². The molecule has 0 atom stereocenters. The molecule has 0 unspecified atom stereocenters. The van der Waals surface area contributed by atoms with E-state index in [4.69, 9.17) is 12.2 Å². The lowest BCUT2D eigenvalue weighted by Gasteiger charge is -2.21. The van der Waals surface area contributed by atoms with E-state index in [9.17, 15) is 0 Å². The summed E-state index contributed by atoms with van der Waals surface area (Å²) in [5, 5.41) is 6.39. The van der Waals surface area contributed by atoms with E-state index >= 15 is 0 Å². The number of thiocarbonyl (C=S) groups is 1. The van der Waals surface area contributed by atoms with Crippen LogP contribution in [0.1, 0.15) is 11.3 Å². The first-order valence-corrected chi connectivity index (χ1v) is 8.05. The van der Waals surface area contributed by atoms with Crippen molar-refractivity contribution in [3.05, 3.63) is 59.8 Å². The topological polar surface area (TPSA) is 53.1 Å². The number of aryl methyl sites for hydroxylation is 2. The molecule has 3 aromatic rings.